The molecule has 0 aliphatic carbocycles. The monoisotopic (exact) mass is 320 g/mol. The zero-order chi connectivity index (χ0) is 16.7. The van der Waals surface area contributed by atoms with E-state index >= 15 is 0 Å². The van der Waals surface area contributed by atoms with Gasteiger partial charge >= 0.3 is 0 Å². The Morgan fingerprint density at radius 2 is 2.09 bits per heavy atom. The number of anilines is 1. The summed E-state index contributed by atoms with van der Waals surface area (Å²) in [5, 5.41) is 15.6. The maximum atomic E-state index is 11.8. The fraction of sp³-hybridized carbons (Fsp3) is 0.600. The van der Waals surface area contributed by atoms with Crippen molar-refractivity contribution >= 4 is 17.4 Å². The van der Waals surface area contributed by atoms with Crippen LogP contribution in [0.15, 0.2) is 12.1 Å². The van der Waals surface area contributed by atoms with E-state index in [-0.39, 0.29) is 5.91 Å². The van der Waals surface area contributed by atoms with Gasteiger partial charge in [0.1, 0.15) is 5.82 Å². The van der Waals surface area contributed by atoms with Crippen LogP contribution in [0.1, 0.15) is 26.1 Å². The highest BCUT2D eigenvalue weighted by Crippen LogP contribution is 2.12. The summed E-state index contributed by atoms with van der Waals surface area (Å²) >= 11 is 0. The highest BCUT2D eigenvalue weighted by Gasteiger charge is 2.11. The Kier molecular flexibility index (Phi) is 6.28. The van der Waals surface area contributed by atoms with Gasteiger partial charge in [0.25, 0.3) is 0 Å². The fourth-order valence-electron chi connectivity index (χ4n) is 2.30. The third kappa shape index (κ3) is 4.38. The molecule has 0 bridgehead atoms. The lowest BCUT2D eigenvalue weighted by Crippen LogP contribution is -2.27. The topological polar surface area (TPSA) is 84.7 Å². The summed E-state index contributed by atoms with van der Waals surface area (Å²) in [6, 6.07) is 3.84. The van der Waals surface area contributed by atoms with Crippen LogP contribution in [0.25, 0.3) is 5.65 Å². The van der Waals surface area contributed by atoms with Gasteiger partial charge in [0, 0.05) is 39.6 Å². The van der Waals surface area contributed by atoms with Crippen LogP contribution in [0.2, 0.25) is 0 Å². The molecular formula is C15H24N6O2. The van der Waals surface area contributed by atoms with Gasteiger partial charge in [0.2, 0.25) is 5.91 Å². The summed E-state index contributed by atoms with van der Waals surface area (Å²) in [5.41, 5.74) is 0.690. The first kappa shape index (κ1) is 17.1. The molecule has 0 atom stereocenters. The van der Waals surface area contributed by atoms with Crippen molar-refractivity contribution in [1.29, 1.82) is 0 Å². The van der Waals surface area contributed by atoms with E-state index in [1.165, 1.54) is 0 Å². The molecule has 2 rings (SSSR count). The molecule has 0 saturated carbocycles. The second-order valence-corrected chi connectivity index (χ2v) is 5.09. The first-order chi connectivity index (χ1) is 11.2. The number of ether oxygens (including phenoxy) is 1. The standard InChI is InChI=1S/C15H24N6O2/c1-4-20(5-2)14-7-6-12-17-18-13(21(12)19-14)8-9-15(22)16-10-11-23-3/h6-7H,4-5,8-11H2,1-3H3,(H,16,22). The van der Waals surface area contributed by atoms with Gasteiger partial charge in [-0.3, -0.25) is 4.79 Å². The van der Waals surface area contributed by atoms with Crippen LogP contribution < -0.4 is 10.2 Å². The van der Waals surface area contributed by atoms with E-state index in [1.807, 2.05) is 12.1 Å². The number of nitrogens with one attached hydrogen (secondary N) is 1. The van der Waals surface area contributed by atoms with Crippen molar-refractivity contribution in [2.45, 2.75) is 26.7 Å². The van der Waals surface area contributed by atoms with Crippen molar-refractivity contribution in [3.05, 3.63) is 18.0 Å². The lowest BCUT2D eigenvalue weighted by molar-refractivity contribution is -0.121. The molecule has 2 aromatic heterocycles. The molecule has 0 aromatic carbocycles. The molecule has 0 fully saturated rings. The molecule has 2 heterocycles. The normalized spacial score (nSPS) is 10.9. The van der Waals surface area contributed by atoms with E-state index in [2.05, 4.69) is 39.4 Å². The molecule has 1 N–H and O–H groups in total. The number of amides is 1. The van der Waals surface area contributed by atoms with Crippen molar-refractivity contribution in [2.75, 3.05) is 38.3 Å². The Balaban J connectivity index is 2.06. The molecule has 0 unspecified atom stereocenters. The molecule has 0 aliphatic rings. The smallest absolute Gasteiger partial charge is 0.220 e. The number of carbonyl (C=O) groups is 1. The van der Waals surface area contributed by atoms with Crippen molar-refractivity contribution in [1.82, 2.24) is 25.1 Å². The second kappa shape index (κ2) is 8.42. The lowest BCUT2D eigenvalue weighted by atomic mass is 10.3. The van der Waals surface area contributed by atoms with Crippen molar-refractivity contribution in [2.24, 2.45) is 0 Å². The summed E-state index contributed by atoms with van der Waals surface area (Å²) in [7, 11) is 1.60. The predicted molar refractivity (Wildman–Crippen MR) is 87.5 cm³/mol. The molecule has 1 amide bonds. The molecule has 0 spiro atoms. The number of rotatable bonds is 9. The van der Waals surface area contributed by atoms with E-state index in [0.717, 1.165) is 18.9 Å². The maximum Gasteiger partial charge on any atom is 0.220 e. The van der Waals surface area contributed by atoms with Crippen LogP contribution in [0.5, 0.6) is 0 Å². The summed E-state index contributed by atoms with van der Waals surface area (Å²) < 4.78 is 6.62. The zero-order valence-electron chi connectivity index (χ0n) is 13.9. The molecular weight excluding hydrogens is 296 g/mol. The average molecular weight is 320 g/mol. The van der Waals surface area contributed by atoms with Crippen molar-refractivity contribution in [3.8, 4) is 0 Å². The van der Waals surface area contributed by atoms with Gasteiger partial charge in [-0.25, -0.2) is 0 Å². The van der Waals surface area contributed by atoms with E-state index in [0.29, 0.717) is 37.5 Å². The van der Waals surface area contributed by atoms with Crippen LogP contribution in [0.4, 0.5) is 5.82 Å². The Labute approximate surface area is 135 Å². The van der Waals surface area contributed by atoms with Crippen LogP contribution >= 0.6 is 0 Å². The van der Waals surface area contributed by atoms with Crippen molar-refractivity contribution < 1.29 is 9.53 Å². The molecule has 0 aliphatic heterocycles. The number of fused-ring (bicyclic) bond motifs is 1. The number of carbonyl (C=O) groups excluding carboxylic acids is 1. The molecule has 8 heteroatoms. The summed E-state index contributed by atoms with van der Waals surface area (Å²) in [5.74, 6) is 1.54. The van der Waals surface area contributed by atoms with Crippen molar-refractivity contribution in [3.63, 3.8) is 0 Å². The van der Waals surface area contributed by atoms with E-state index in [4.69, 9.17) is 4.74 Å². The summed E-state index contributed by atoms with van der Waals surface area (Å²) in [6.07, 6.45) is 0.844. The van der Waals surface area contributed by atoms with Gasteiger partial charge in [-0.2, -0.15) is 4.52 Å². The van der Waals surface area contributed by atoms with Crippen LogP contribution in [0, 0.1) is 0 Å². The number of methoxy groups -OCH3 is 1. The van der Waals surface area contributed by atoms with Crippen LogP contribution in [-0.2, 0) is 16.0 Å². The van der Waals surface area contributed by atoms with Gasteiger partial charge < -0.3 is 15.0 Å². The Morgan fingerprint density at radius 3 is 2.78 bits per heavy atom. The number of aromatic nitrogens is 4. The minimum absolute atomic E-state index is 0.0290. The zero-order valence-corrected chi connectivity index (χ0v) is 13.9. The molecule has 126 valence electrons. The number of nitrogens with zero attached hydrogens (tertiary/aromatic N) is 5. The first-order valence-corrected chi connectivity index (χ1v) is 7.91. The average Bonchev–Trinajstić information content (AvgIpc) is 2.97. The fourth-order valence-corrected chi connectivity index (χ4v) is 2.30. The Hall–Kier alpha value is -2.22. The van der Waals surface area contributed by atoms with Gasteiger partial charge in [-0.05, 0) is 26.0 Å². The van der Waals surface area contributed by atoms with Crippen LogP contribution in [0.3, 0.4) is 0 Å². The van der Waals surface area contributed by atoms with Crippen LogP contribution in [-0.4, -0.2) is 59.1 Å². The Morgan fingerprint density at radius 1 is 1.30 bits per heavy atom. The number of aryl methyl sites for hydroxylation is 1. The molecule has 0 radical (unpaired) electrons. The highest BCUT2D eigenvalue weighted by molar-refractivity contribution is 5.76. The molecule has 8 nitrogen and oxygen atoms in total. The third-order valence-electron chi connectivity index (χ3n) is 3.60. The minimum atomic E-state index is -0.0290. The second-order valence-electron chi connectivity index (χ2n) is 5.09. The summed E-state index contributed by atoms with van der Waals surface area (Å²) in [4.78, 5) is 13.9. The molecule has 0 saturated heterocycles. The first-order valence-electron chi connectivity index (χ1n) is 7.91. The third-order valence-corrected chi connectivity index (χ3v) is 3.60. The molecule has 2 aromatic rings. The van der Waals surface area contributed by atoms with Gasteiger partial charge in [-0.1, -0.05) is 0 Å². The maximum absolute atomic E-state index is 11.8. The van der Waals surface area contributed by atoms with E-state index < -0.39 is 0 Å². The predicted octanol–water partition coefficient (Wildman–Crippen LogP) is 0.666. The summed E-state index contributed by atoms with van der Waals surface area (Å²) in [6.45, 7) is 6.97. The van der Waals surface area contributed by atoms with E-state index in [1.54, 1.807) is 11.6 Å². The van der Waals surface area contributed by atoms with Gasteiger partial charge in [-0.15, -0.1) is 15.3 Å². The highest BCUT2D eigenvalue weighted by atomic mass is 16.5. The van der Waals surface area contributed by atoms with Gasteiger partial charge in [0.15, 0.2) is 11.5 Å². The number of hydrogen-bond donors (Lipinski definition) is 1. The lowest BCUT2D eigenvalue weighted by Gasteiger charge is -2.19. The SMILES string of the molecule is CCN(CC)c1ccc2nnc(CCC(=O)NCCOC)n2n1. The molecule has 23 heavy (non-hydrogen) atoms. The number of hydrogen-bond acceptors (Lipinski definition) is 6. The quantitative estimate of drug-likeness (QED) is 0.684. The van der Waals surface area contributed by atoms with Gasteiger partial charge in [0.05, 0.1) is 6.61 Å². The Bertz CT molecular complexity index is 638. The van der Waals surface area contributed by atoms with E-state index in [9.17, 15) is 4.79 Å². The largest absolute Gasteiger partial charge is 0.383 e. The minimum Gasteiger partial charge on any atom is -0.383 e.